The summed E-state index contributed by atoms with van der Waals surface area (Å²) in [6, 6.07) is 51.0. The Morgan fingerprint density at radius 2 is 0.843 bits per heavy atom. The van der Waals surface area contributed by atoms with E-state index in [9.17, 15) is 0 Å². The molecule has 7 rings (SSSR count). The largest absolute Gasteiger partial charge is 0.0995 e. The standard InChI is InChI=1S/C38H48.C32H44/c1-5-6-10-20-30(3)38(34-25-15-9-16-26-34)36(31(4)35-27-18-17-19-29(35)2)28-37(32-21-11-7-12-22-32)33-23-13-8-14-24-33;1-5-6-9-17-26(3)32(29-20-12-8-13-21-29)31(24-23-28-18-10-7-11-19-28)27(4)30-22-15-14-16-25(30)2/h7-8,11-14,17-19,21-24,27,34,36-38H,3-6,9-10,15-16,20,25-26,28H2,1-2H3;7,10-11,14-16,18-19,22,29,31-32H,3-6,8-9,12-13,17,20-21,23-24H2,1-2H3. The lowest BCUT2D eigenvalue weighted by Crippen LogP contribution is -2.29. The molecule has 0 nitrogen and oxygen atoms in total. The molecule has 2 aliphatic carbocycles. The van der Waals surface area contributed by atoms with E-state index in [4.69, 9.17) is 26.3 Å². The third kappa shape index (κ3) is 15.8. The van der Waals surface area contributed by atoms with E-state index < -0.39 is 0 Å². The summed E-state index contributed by atoms with van der Waals surface area (Å²) in [5.74, 6) is 3.66. The quantitative estimate of drug-likeness (QED) is 0.0404. The van der Waals surface area contributed by atoms with Crippen LogP contribution in [0.1, 0.15) is 187 Å². The molecular formula is C70H92. The van der Waals surface area contributed by atoms with Gasteiger partial charge >= 0.3 is 0 Å². The molecule has 5 aromatic carbocycles. The molecule has 0 aliphatic heterocycles. The fourth-order valence-corrected chi connectivity index (χ4v) is 12.8. The molecule has 0 radical (unpaired) electrons. The van der Waals surface area contributed by atoms with Crippen LogP contribution in [-0.4, -0.2) is 0 Å². The Hall–Kier alpha value is -4.94. The average molecular weight is 934 g/mol. The van der Waals surface area contributed by atoms with Crippen LogP contribution in [0.4, 0.5) is 0 Å². The lowest BCUT2D eigenvalue weighted by Gasteiger charge is -2.40. The Morgan fingerprint density at radius 3 is 1.27 bits per heavy atom. The van der Waals surface area contributed by atoms with Crippen molar-refractivity contribution in [2.75, 3.05) is 0 Å². The van der Waals surface area contributed by atoms with Crippen molar-refractivity contribution in [1.29, 1.82) is 0 Å². The van der Waals surface area contributed by atoms with Crippen LogP contribution in [0.25, 0.3) is 11.1 Å². The van der Waals surface area contributed by atoms with Crippen LogP contribution in [0, 0.1) is 49.4 Å². The molecule has 0 spiro atoms. The second-order valence-electron chi connectivity index (χ2n) is 21.6. The molecule has 4 unspecified atom stereocenters. The van der Waals surface area contributed by atoms with Gasteiger partial charge in [-0.25, -0.2) is 0 Å². The minimum absolute atomic E-state index is 0.331. The predicted molar refractivity (Wildman–Crippen MR) is 308 cm³/mol. The first-order chi connectivity index (χ1) is 34.2. The second-order valence-corrected chi connectivity index (χ2v) is 21.6. The molecule has 4 atom stereocenters. The molecule has 2 saturated carbocycles. The van der Waals surface area contributed by atoms with Crippen molar-refractivity contribution in [2.24, 2.45) is 35.5 Å². The lowest BCUT2D eigenvalue weighted by atomic mass is 9.64. The molecule has 2 fully saturated rings. The summed E-state index contributed by atoms with van der Waals surface area (Å²) in [7, 11) is 0. The molecule has 0 amide bonds. The number of hydrogen-bond donors (Lipinski definition) is 0. The van der Waals surface area contributed by atoms with Gasteiger partial charge in [0.05, 0.1) is 0 Å². The third-order valence-corrected chi connectivity index (χ3v) is 16.7. The van der Waals surface area contributed by atoms with Crippen molar-refractivity contribution in [3.63, 3.8) is 0 Å². The minimum Gasteiger partial charge on any atom is -0.0995 e. The average Bonchev–Trinajstić information content (AvgIpc) is 3.40. The molecule has 0 N–H and O–H groups in total. The first kappa shape index (κ1) is 54.4. The van der Waals surface area contributed by atoms with Gasteiger partial charge in [-0.2, -0.15) is 0 Å². The van der Waals surface area contributed by atoms with E-state index in [1.807, 2.05) is 0 Å². The number of aryl methyl sites for hydroxylation is 3. The predicted octanol–water partition coefficient (Wildman–Crippen LogP) is 20.8. The maximum Gasteiger partial charge on any atom is 0.00953 e. The SMILES string of the molecule is C=C(c1ccccc1C)C(CC(c1ccccc1)c1ccccc1)C(C(=C)CCCCC)C1CCCCC1.C=C(c1ccccc1C)C(CCc1ccccc1)C(C(=C)CCCCC)C1CCCCC1. The Bertz CT molecular complexity index is 2260. The number of unbranched alkanes of at least 4 members (excludes halogenated alkanes) is 4. The molecule has 0 saturated heterocycles. The smallest absolute Gasteiger partial charge is 0.00953 e. The van der Waals surface area contributed by atoms with Gasteiger partial charge in [0.1, 0.15) is 0 Å². The van der Waals surface area contributed by atoms with Gasteiger partial charge in [0.25, 0.3) is 0 Å². The maximum atomic E-state index is 4.88. The highest BCUT2D eigenvalue weighted by atomic mass is 14.4. The van der Waals surface area contributed by atoms with E-state index in [0.717, 1.165) is 31.6 Å². The topological polar surface area (TPSA) is 0 Å². The summed E-state index contributed by atoms with van der Waals surface area (Å²) >= 11 is 0. The Balaban J connectivity index is 0.000000233. The van der Waals surface area contributed by atoms with E-state index >= 15 is 0 Å². The summed E-state index contributed by atoms with van der Waals surface area (Å²) < 4.78 is 0. The normalized spacial score (nSPS) is 16.1. The molecule has 0 heterocycles. The molecular weight excluding hydrogens is 841 g/mol. The molecule has 70 heavy (non-hydrogen) atoms. The zero-order valence-electron chi connectivity index (χ0n) is 44.5. The Morgan fingerprint density at radius 1 is 0.457 bits per heavy atom. The van der Waals surface area contributed by atoms with Crippen LogP contribution >= 0.6 is 0 Å². The van der Waals surface area contributed by atoms with Crippen LogP contribution in [0.2, 0.25) is 0 Å². The summed E-state index contributed by atoms with van der Waals surface area (Å²) in [5, 5.41) is 0. The zero-order chi connectivity index (χ0) is 49.5. The minimum atomic E-state index is 0.331. The van der Waals surface area contributed by atoms with Crippen molar-refractivity contribution in [3.05, 3.63) is 216 Å². The molecule has 372 valence electrons. The summed E-state index contributed by atoms with van der Waals surface area (Å²) in [6.45, 7) is 28.3. The summed E-state index contributed by atoms with van der Waals surface area (Å²) in [4.78, 5) is 0. The Labute approximate surface area is 428 Å². The van der Waals surface area contributed by atoms with Crippen LogP contribution in [0.3, 0.4) is 0 Å². The summed E-state index contributed by atoms with van der Waals surface area (Å²) in [6.07, 6.45) is 27.0. The van der Waals surface area contributed by atoms with Crippen molar-refractivity contribution in [1.82, 2.24) is 0 Å². The van der Waals surface area contributed by atoms with E-state index in [-0.39, 0.29) is 0 Å². The van der Waals surface area contributed by atoms with Gasteiger partial charge in [-0.3, -0.25) is 0 Å². The van der Waals surface area contributed by atoms with E-state index in [2.05, 4.69) is 167 Å². The van der Waals surface area contributed by atoms with Crippen LogP contribution in [0.5, 0.6) is 0 Å². The van der Waals surface area contributed by atoms with Gasteiger partial charge in [0.15, 0.2) is 0 Å². The monoisotopic (exact) mass is 933 g/mol. The third-order valence-electron chi connectivity index (χ3n) is 16.7. The van der Waals surface area contributed by atoms with Gasteiger partial charge in [-0.05, 0) is 170 Å². The fourth-order valence-electron chi connectivity index (χ4n) is 12.8. The molecule has 2 aliphatic rings. The first-order valence-electron chi connectivity index (χ1n) is 28.2. The van der Waals surface area contributed by atoms with Crippen molar-refractivity contribution in [3.8, 4) is 0 Å². The fraction of sp³-hybridized carbons (Fsp3) is 0.457. The van der Waals surface area contributed by atoms with Gasteiger partial charge in [0.2, 0.25) is 0 Å². The van der Waals surface area contributed by atoms with Crippen LogP contribution in [-0.2, 0) is 6.42 Å². The van der Waals surface area contributed by atoms with Gasteiger partial charge in [0, 0.05) is 5.92 Å². The summed E-state index contributed by atoms with van der Waals surface area (Å²) in [5.41, 5.74) is 15.2. The van der Waals surface area contributed by atoms with Gasteiger partial charge < -0.3 is 0 Å². The molecule has 5 aromatic rings. The van der Waals surface area contributed by atoms with Crippen molar-refractivity contribution >= 4 is 11.1 Å². The van der Waals surface area contributed by atoms with Crippen molar-refractivity contribution < 1.29 is 0 Å². The highest BCUT2D eigenvalue weighted by Gasteiger charge is 2.37. The van der Waals surface area contributed by atoms with Crippen LogP contribution < -0.4 is 0 Å². The van der Waals surface area contributed by atoms with Crippen LogP contribution in [0.15, 0.2) is 177 Å². The highest BCUT2D eigenvalue weighted by molar-refractivity contribution is 5.70. The van der Waals surface area contributed by atoms with Gasteiger partial charge in [-0.15, -0.1) is 0 Å². The lowest BCUT2D eigenvalue weighted by molar-refractivity contribution is 0.224. The number of rotatable bonds is 25. The Kier molecular flexibility index (Phi) is 22.9. The maximum absolute atomic E-state index is 4.88. The van der Waals surface area contributed by atoms with Crippen molar-refractivity contribution in [2.45, 2.75) is 168 Å². The first-order valence-corrected chi connectivity index (χ1v) is 28.2. The van der Waals surface area contributed by atoms with Gasteiger partial charge in [-0.1, -0.05) is 255 Å². The second kappa shape index (κ2) is 29.4. The highest BCUT2D eigenvalue weighted by Crippen LogP contribution is 2.49. The number of allylic oxidation sites excluding steroid dienone is 4. The number of benzene rings is 5. The van der Waals surface area contributed by atoms with E-state index in [1.165, 1.54) is 170 Å². The van der Waals surface area contributed by atoms with E-state index in [0.29, 0.717) is 35.5 Å². The number of hydrogen-bond acceptors (Lipinski definition) is 0. The van der Waals surface area contributed by atoms with E-state index in [1.54, 1.807) is 0 Å². The molecule has 0 aromatic heterocycles. The molecule has 0 bridgehead atoms. The molecule has 0 heteroatoms. The zero-order valence-corrected chi connectivity index (χ0v) is 44.5.